The lowest BCUT2D eigenvalue weighted by Gasteiger charge is -2.02. The number of carboxylic acid groups (broad SMARTS) is 1. The maximum atomic E-state index is 11.0. The Hall–Kier alpha value is -1.55. The third kappa shape index (κ3) is 1.15. The molecule has 1 aliphatic heterocycles. The van der Waals surface area contributed by atoms with Crippen molar-refractivity contribution in [2.75, 3.05) is 5.88 Å². The SMILES string of the molecule is O=C(O)c1cccc2c1C=C1SCN=C12. The number of aromatic carboxylic acids is 1. The lowest BCUT2D eigenvalue weighted by molar-refractivity contribution is 0.0696. The Bertz CT molecular complexity index is 531. The summed E-state index contributed by atoms with van der Waals surface area (Å²) in [6.07, 6.45) is 1.93. The van der Waals surface area contributed by atoms with Gasteiger partial charge in [0, 0.05) is 10.5 Å². The van der Waals surface area contributed by atoms with Crippen molar-refractivity contribution < 1.29 is 9.90 Å². The van der Waals surface area contributed by atoms with E-state index in [2.05, 4.69) is 4.99 Å². The molecule has 1 aromatic rings. The molecule has 0 saturated carbocycles. The summed E-state index contributed by atoms with van der Waals surface area (Å²) in [7, 11) is 0. The van der Waals surface area contributed by atoms with Crippen LogP contribution in [-0.4, -0.2) is 22.7 Å². The molecule has 4 heteroatoms. The van der Waals surface area contributed by atoms with E-state index in [9.17, 15) is 4.79 Å². The van der Waals surface area contributed by atoms with E-state index < -0.39 is 5.97 Å². The van der Waals surface area contributed by atoms with Crippen LogP contribution < -0.4 is 0 Å². The van der Waals surface area contributed by atoms with Crippen LogP contribution in [0.15, 0.2) is 28.1 Å². The summed E-state index contributed by atoms with van der Waals surface area (Å²) in [6.45, 7) is 0. The third-order valence-electron chi connectivity index (χ3n) is 2.54. The van der Waals surface area contributed by atoms with E-state index in [-0.39, 0.29) is 0 Å². The molecule has 3 rings (SSSR count). The molecule has 1 heterocycles. The smallest absolute Gasteiger partial charge is 0.336 e. The van der Waals surface area contributed by atoms with Crippen LogP contribution in [0.3, 0.4) is 0 Å². The van der Waals surface area contributed by atoms with E-state index in [4.69, 9.17) is 5.11 Å². The molecule has 0 fully saturated rings. The summed E-state index contributed by atoms with van der Waals surface area (Å²) in [5.41, 5.74) is 3.07. The van der Waals surface area contributed by atoms with Gasteiger partial charge in [-0.05, 0) is 17.7 Å². The summed E-state index contributed by atoms with van der Waals surface area (Å²) in [6, 6.07) is 5.32. The fraction of sp³-hybridized carbons (Fsp3) is 0.0909. The van der Waals surface area contributed by atoms with E-state index in [1.165, 1.54) is 0 Å². The van der Waals surface area contributed by atoms with Gasteiger partial charge >= 0.3 is 5.97 Å². The highest BCUT2D eigenvalue weighted by Crippen LogP contribution is 2.38. The van der Waals surface area contributed by atoms with Gasteiger partial charge in [-0.2, -0.15) is 0 Å². The third-order valence-corrected chi connectivity index (χ3v) is 3.42. The van der Waals surface area contributed by atoms with Gasteiger partial charge in [-0.15, -0.1) is 11.8 Å². The zero-order valence-corrected chi connectivity index (χ0v) is 8.54. The van der Waals surface area contributed by atoms with Crippen molar-refractivity contribution in [1.82, 2.24) is 0 Å². The van der Waals surface area contributed by atoms with Gasteiger partial charge in [0.1, 0.15) is 0 Å². The number of hydrogen-bond acceptors (Lipinski definition) is 3. The lowest BCUT2D eigenvalue weighted by Crippen LogP contribution is -2.02. The topological polar surface area (TPSA) is 49.7 Å². The van der Waals surface area contributed by atoms with Crippen molar-refractivity contribution in [2.24, 2.45) is 4.99 Å². The van der Waals surface area contributed by atoms with E-state index >= 15 is 0 Å². The number of carboxylic acids is 1. The van der Waals surface area contributed by atoms with Gasteiger partial charge in [0.25, 0.3) is 0 Å². The highest BCUT2D eigenvalue weighted by atomic mass is 32.2. The van der Waals surface area contributed by atoms with Crippen molar-refractivity contribution in [3.8, 4) is 0 Å². The number of allylic oxidation sites excluding steroid dienone is 1. The number of aliphatic imine (C=N–C) groups is 1. The Morgan fingerprint density at radius 2 is 2.33 bits per heavy atom. The molecule has 1 N–H and O–H groups in total. The first-order valence-corrected chi connectivity index (χ1v) is 5.52. The minimum Gasteiger partial charge on any atom is -0.478 e. The minimum atomic E-state index is -0.880. The Morgan fingerprint density at radius 1 is 1.47 bits per heavy atom. The molecule has 1 aliphatic carbocycles. The molecular weight excluding hydrogens is 210 g/mol. The van der Waals surface area contributed by atoms with Crippen LogP contribution in [0.4, 0.5) is 0 Å². The van der Waals surface area contributed by atoms with E-state index in [0.29, 0.717) is 5.56 Å². The van der Waals surface area contributed by atoms with Gasteiger partial charge in [-0.3, -0.25) is 4.99 Å². The molecule has 2 aliphatic rings. The van der Waals surface area contributed by atoms with Crippen LogP contribution in [0, 0.1) is 0 Å². The molecule has 15 heavy (non-hydrogen) atoms. The maximum Gasteiger partial charge on any atom is 0.336 e. The Morgan fingerprint density at radius 3 is 3.13 bits per heavy atom. The summed E-state index contributed by atoms with van der Waals surface area (Å²) < 4.78 is 0. The van der Waals surface area contributed by atoms with Crippen molar-refractivity contribution in [3.63, 3.8) is 0 Å². The summed E-state index contributed by atoms with van der Waals surface area (Å²) >= 11 is 1.65. The Balaban J connectivity index is 2.27. The van der Waals surface area contributed by atoms with Gasteiger partial charge in [0.15, 0.2) is 0 Å². The zero-order chi connectivity index (χ0) is 10.4. The fourth-order valence-corrected chi connectivity index (χ4v) is 2.73. The zero-order valence-electron chi connectivity index (χ0n) is 7.73. The van der Waals surface area contributed by atoms with Crippen LogP contribution in [0.25, 0.3) is 6.08 Å². The molecule has 74 valence electrons. The van der Waals surface area contributed by atoms with Gasteiger partial charge in [-0.25, -0.2) is 4.79 Å². The molecule has 0 amide bonds. The van der Waals surface area contributed by atoms with Crippen LogP contribution in [-0.2, 0) is 0 Å². The van der Waals surface area contributed by atoms with E-state index in [0.717, 1.165) is 27.6 Å². The normalized spacial score (nSPS) is 16.8. The molecule has 0 atom stereocenters. The maximum absolute atomic E-state index is 11.0. The van der Waals surface area contributed by atoms with Gasteiger partial charge in [0.05, 0.1) is 17.2 Å². The van der Waals surface area contributed by atoms with Gasteiger partial charge < -0.3 is 5.11 Å². The van der Waals surface area contributed by atoms with Crippen LogP contribution >= 0.6 is 11.8 Å². The molecular formula is C11H7NO2S. The standard InChI is InChI=1S/C11H7NO2S/c13-11(14)7-3-1-2-6-8(7)4-9-10(6)12-5-15-9/h1-4H,5H2,(H,13,14). The largest absolute Gasteiger partial charge is 0.478 e. The van der Waals surface area contributed by atoms with Crippen LogP contribution in [0.2, 0.25) is 0 Å². The van der Waals surface area contributed by atoms with E-state index in [1.807, 2.05) is 12.1 Å². The second-order valence-electron chi connectivity index (χ2n) is 3.36. The number of fused-ring (bicyclic) bond motifs is 3. The number of benzene rings is 1. The van der Waals surface area contributed by atoms with Gasteiger partial charge in [0.2, 0.25) is 0 Å². The molecule has 0 radical (unpaired) electrons. The highest BCUT2D eigenvalue weighted by Gasteiger charge is 2.27. The predicted octanol–water partition coefficient (Wildman–Crippen LogP) is 2.23. The molecule has 1 aromatic carbocycles. The Labute approximate surface area is 90.5 Å². The second-order valence-corrected chi connectivity index (χ2v) is 4.35. The highest BCUT2D eigenvalue weighted by molar-refractivity contribution is 8.04. The molecule has 3 nitrogen and oxygen atoms in total. The molecule has 0 bridgehead atoms. The van der Waals surface area contributed by atoms with Crippen molar-refractivity contribution in [2.45, 2.75) is 0 Å². The summed E-state index contributed by atoms with van der Waals surface area (Å²) in [5, 5.41) is 9.04. The van der Waals surface area contributed by atoms with Crippen molar-refractivity contribution >= 4 is 29.5 Å². The van der Waals surface area contributed by atoms with Crippen molar-refractivity contribution in [3.05, 3.63) is 39.8 Å². The number of carbonyl (C=O) groups is 1. The molecule has 0 spiro atoms. The quantitative estimate of drug-likeness (QED) is 0.784. The fourth-order valence-electron chi connectivity index (χ4n) is 1.89. The minimum absolute atomic E-state index is 0.359. The van der Waals surface area contributed by atoms with Crippen LogP contribution in [0.1, 0.15) is 21.5 Å². The molecule has 0 aromatic heterocycles. The van der Waals surface area contributed by atoms with E-state index in [1.54, 1.807) is 23.9 Å². The molecule has 0 unspecified atom stereocenters. The van der Waals surface area contributed by atoms with Crippen molar-refractivity contribution in [1.29, 1.82) is 0 Å². The first-order chi connectivity index (χ1) is 7.27. The molecule has 0 saturated heterocycles. The van der Waals surface area contributed by atoms with Gasteiger partial charge in [-0.1, -0.05) is 12.1 Å². The summed E-state index contributed by atoms with van der Waals surface area (Å²) in [4.78, 5) is 16.5. The number of thioether (sulfide) groups is 1. The Kier molecular flexibility index (Phi) is 1.73. The average molecular weight is 217 g/mol. The lowest BCUT2D eigenvalue weighted by atomic mass is 10.0. The predicted molar refractivity (Wildman–Crippen MR) is 60.4 cm³/mol. The number of nitrogens with zero attached hydrogens (tertiary/aromatic N) is 1. The number of hydrogen-bond donors (Lipinski definition) is 1. The van der Waals surface area contributed by atoms with Crippen LogP contribution in [0.5, 0.6) is 0 Å². The average Bonchev–Trinajstić information content (AvgIpc) is 2.75. The first kappa shape index (κ1) is 8.73. The second kappa shape index (κ2) is 2.97. The first-order valence-electron chi connectivity index (χ1n) is 4.53. The monoisotopic (exact) mass is 217 g/mol. The summed E-state index contributed by atoms with van der Waals surface area (Å²) in [5.74, 6) is -0.132. The number of rotatable bonds is 1.